The summed E-state index contributed by atoms with van der Waals surface area (Å²) in [5.41, 5.74) is 4.53. The van der Waals surface area contributed by atoms with E-state index in [4.69, 9.17) is 16.6 Å². The maximum atomic E-state index is 11.9. The molecular weight excluding hydrogens is 462 g/mol. The predicted octanol–water partition coefficient (Wildman–Crippen LogP) is 6.72. The monoisotopic (exact) mass is 489 g/mol. The molecule has 0 bridgehead atoms. The lowest BCUT2D eigenvalue weighted by Gasteiger charge is -2.27. The van der Waals surface area contributed by atoms with Crippen LogP contribution in [0.3, 0.4) is 0 Å². The van der Waals surface area contributed by atoms with Gasteiger partial charge in [-0.05, 0) is 55.4 Å². The van der Waals surface area contributed by atoms with Crippen LogP contribution in [0.15, 0.2) is 48.8 Å². The number of halogens is 1. The lowest BCUT2D eigenvalue weighted by Crippen LogP contribution is -2.19. The van der Waals surface area contributed by atoms with Gasteiger partial charge in [0.2, 0.25) is 5.95 Å². The number of carboxylic acid groups (broad SMARTS) is 1. The Labute approximate surface area is 209 Å². The Balaban J connectivity index is 1.71. The third-order valence-electron chi connectivity index (χ3n) is 6.89. The molecule has 0 amide bonds. The van der Waals surface area contributed by atoms with Crippen molar-refractivity contribution < 1.29 is 9.90 Å². The lowest BCUT2D eigenvalue weighted by atomic mass is 9.83. The fourth-order valence-electron chi connectivity index (χ4n) is 4.89. The number of carbonyl (C=O) groups is 1. The first-order valence-corrected chi connectivity index (χ1v) is 12.3. The summed E-state index contributed by atoms with van der Waals surface area (Å²) in [5.74, 6) is 0.828. The molecule has 0 aliphatic heterocycles. The fourth-order valence-corrected chi connectivity index (χ4v) is 5.06. The van der Waals surface area contributed by atoms with Crippen LogP contribution in [0, 0.1) is 18.8 Å². The van der Waals surface area contributed by atoms with Crippen molar-refractivity contribution in [1.29, 1.82) is 0 Å². The first-order valence-electron chi connectivity index (χ1n) is 12.0. The molecule has 1 saturated carbocycles. The minimum atomic E-state index is -1.10. The van der Waals surface area contributed by atoms with E-state index in [1.807, 2.05) is 31.2 Å². The molecular formula is C27H28ClN5O2. The summed E-state index contributed by atoms with van der Waals surface area (Å²) in [6, 6.07) is 11.4. The molecule has 0 atom stereocenters. The number of nitrogens with zero attached hydrogens (tertiary/aromatic N) is 4. The Morgan fingerprint density at radius 2 is 1.91 bits per heavy atom. The molecule has 180 valence electrons. The topological polar surface area (TPSA) is 92.9 Å². The number of hydrogen-bond donors (Lipinski definition) is 2. The van der Waals surface area contributed by atoms with Crippen molar-refractivity contribution in [2.75, 3.05) is 5.32 Å². The van der Waals surface area contributed by atoms with Crippen LogP contribution in [0.2, 0.25) is 5.02 Å². The number of benzene rings is 1. The van der Waals surface area contributed by atoms with Crippen molar-refractivity contribution >= 4 is 40.2 Å². The Morgan fingerprint density at radius 1 is 1.14 bits per heavy atom. The summed E-state index contributed by atoms with van der Waals surface area (Å²) >= 11 is 6.25. The second-order valence-corrected chi connectivity index (χ2v) is 9.97. The number of aromatic nitrogens is 4. The average Bonchev–Trinajstić information content (AvgIpc) is 3.18. The van der Waals surface area contributed by atoms with Crippen LogP contribution in [-0.2, 0) is 6.54 Å². The van der Waals surface area contributed by atoms with Gasteiger partial charge in [-0.25, -0.2) is 14.8 Å². The first-order chi connectivity index (χ1) is 16.9. The van der Waals surface area contributed by atoms with E-state index in [1.165, 1.54) is 12.8 Å². The van der Waals surface area contributed by atoms with Gasteiger partial charge in [0.05, 0.1) is 21.7 Å². The molecule has 2 N–H and O–H groups in total. The smallest absolute Gasteiger partial charge is 0.354 e. The molecule has 1 aromatic carbocycles. The van der Waals surface area contributed by atoms with Crippen molar-refractivity contribution in [1.82, 2.24) is 19.5 Å². The van der Waals surface area contributed by atoms with Gasteiger partial charge in [-0.3, -0.25) is 4.98 Å². The van der Waals surface area contributed by atoms with Crippen molar-refractivity contribution in [2.24, 2.45) is 11.8 Å². The summed E-state index contributed by atoms with van der Waals surface area (Å²) in [6.45, 7) is 5.13. The van der Waals surface area contributed by atoms with E-state index in [-0.39, 0.29) is 5.69 Å². The predicted molar refractivity (Wildman–Crippen MR) is 138 cm³/mol. The number of carboxylic acids is 1. The zero-order valence-electron chi connectivity index (χ0n) is 19.8. The van der Waals surface area contributed by atoms with Gasteiger partial charge in [0, 0.05) is 30.2 Å². The third-order valence-corrected chi connectivity index (χ3v) is 7.10. The molecule has 4 aromatic rings. The number of pyridine rings is 2. The summed E-state index contributed by atoms with van der Waals surface area (Å²) in [5, 5.41) is 13.7. The summed E-state index contributed by atoms with van der Waals surface area (Å²) < 4.78 is 2.16. The van der Waals surface area contributed by atoms with E-state index in [1.54, 1.807) is 24.5 Å². The number of aryl methyl sites for hydroxylation is 1. The van der Waals surface area contributed by atoms with Crippen molar-refractivity contribution in [3.05, 3.63) is 65.1 Å². The SMILES string of the molecule is Cc1ccccc1Nc1nc2cc(C(=O)O)nc(-c3cncc(Cl)c3)c2n1CC1CCC(C)CC1. The van der Waals surface area contributed by atoms with Gasteiger partial charge in [0.1, 0.15) is 0 Å². The number of rotatable bonds is 6. The zero-order chi connectivity index (χ0) is 24.5. The Kier molecular flexibility index (Phi) is 6.43. The van der Waals surface area contributed by atoms with Crippen LogP contribution in [0.5, 0.6) is 0 Å². The van der Waals surface area contributed by atoms with E-state index in [0.29, 0.717) is 33.7 Å². The third kappa shape index (κ3) is 4.86. The van der Waals surface area contributed by atoms with E-state index < -0.39 is 5.97 Å². The van der Waals surface area contributed by atoms with Gasteiger partial charge >= 0.3 is 5.97 Å². The molecule has 0 saturated heterocycles. The highest BCUT2D eigenvalue weighted by Gasteiger charge is 2.25. The number of aromatic carboxylic acids is 1. The van der Waals surface area contributed by atoms with Gasteiger partial charge in [-0.15, -0.1) is 0 Å². The van der Waals surface area contributed by atoms with E-state index in [0.717, 1.165) is 42.1 Å². The number of nitrogens with one attached hydrogen (secondary N) is 1. The molecule has 8 heteroatoms. The average molecular weight is 490 g/mol. The van der Waals surface area contributed by atoms with Gasteiger partial charge < -0.3 is 15.0 Å². The molecule has 3 aromatic heterocycles. The van der Waals surface area contributed by atoms with Gasteiger partial charge in [0.25, 0.3) is 0 Å². The molecule has 5 rings (SSSR count). The second kappa shape index (κ2) is 9.66. The van der Waals surface area contributed by atoms with Crippen LogP contribution < -0.4 is 5.32 Å². The van der Waals surface area contributed by atoms with E-state index in [9.17, 15) is 9.90 Å². The summed E-state index contributed by atoms with van der Waals surface area (Å²) in [4.78, 5) is 25.5. The van der Waals surface area contributed by atoms with Crippen LogP contribution >= 0.6 is 11.6 Å². The van der Waals surface area contributed by atoms with Crippen LogP contribution in [0.4, 0.5) is 11.6 Å². The number of anilines is 2. The quantitative estimate of drug-likeness (QED) is 0.312. The Hall–Kier alpha value is -3.45. The molecule has 1 fully saturated rings. The Bertz CT molecular complexity index is 1390. The minimum absolute atomic E-state index is 0.0638. The molecule has 0 spiro atoms. The van der Waals surface area contributed by atoms with Crippen molar-refractivity contribution in [3.8, 4) is 11.3 Å². The molecule has 1 aliphatic rings. The summed E-state index contributed by atoms with van der Waals surface area (Å²) in [6.07, 6.45) is 7.94. The number of para-hydroxylation sites is 1. The highest BCUT2D eigenvalue weighted by atomic mass is 35.5. The van der Waals surface area contributed by atoms with Crippen LogP contribution in [0.25, 0.3) is 22.3 Å². The Morgan fingerprint density at radius 3 is 2.63 bits per heavy atom. The standard InChI is InChI=1S/C27H28ClN5O2/c1-16-7-9-18(10-8-16)15-33-25-22(32-27(33)31-21-6-4-3-5-17(21)2)12-23(26(34)35)30-24(25)19-11-20(28)14-29-13-19/h3-6,11-14,16,18H,7-10,15H2,1-2H3,(H,31,32)(H,34,35). The molecule has 0 radical (unpaired) electrons. The van der Waals surface area contributed by atoms with Crippen LogP contribution in [0.1, 0.15) is 48.7 Å². The highest BCUT2D eigenvalue weighted by molar-refractivity contribution is 6.30. The first kappa shape index (κ1) is 23.3. The maximum Gasteiger partial charge on any atom is 0.354 e. The van der Waals surface area contributed by atoms with Gasteiger partial charge in [0.15, 0.2) is 5.69 Å². The van der Waals surface area contributed by atoms with Gasteiger partial charge in [-0.1, -0.05) is 49.6 Å². The molecule has 3 heterocycles. The highest BCUT2D eigenvalue weighted by Crippen LogP contribution is 2.36. The van der Waals surface area contributed by atoms with E-state index in [2.05, 4.69) is 26.8 Å². The van der Waals surface area contributed by atoms with E-state index >= 15 is 0 Å². The van der Waals surface area contributed by atoms with Crippen LogP contribution in [-0.4, -0.2) is 30.6 Å². The minimum Gasteiger partial charge on any atom is -0.477 e. The zero-order valence-corrected chi connectivity index (χ0v) is 20.6. The molecule has 0 unspecified atom stereocenters. The molecule has 1 aliphatic carbocycles. The van der Waals surface area contributed by atoms with Gasteiger partial charge in [-0.2, -0.15) is 0 Å². The van der Waals surface area contributed by atoms with Crippen molar-refractivity contribution in [3.63, 3.8) is 0 Å². The largest absolute Gasteiger partial charge is 0.477 e. The molecule has 7 nitrogen and oxygen atoms in total. The van der Waals surface area contributed by atoms with Crippen molar-refractivity contribution in [2.45, 2.75) is 46.1 Å². The number of imidazole rings is 1. The maximum absolute atomic E-state index is 11.9. The lowest BCUT2D eigenvalue weighted by molar-refractivity contribution is 0.0691. The summed E-state index contributed by atoms with van der Waals surface area (Å²) in [7, 11) is 0. The fraction of sp³-hybridized carbons (Fsp3) is 0.333. The number of hydrogen-bond acceptors (Lipinski definition) is 5. The molecule has 35 heavy (non-hydrogen) atoms. The normalized spacial score (nSPS) is 18.0. The number of fused-ring (bicyclic) bond motifs is 1. The second-order valence-electron chi connectivity index (χ2n) is 9.53.